The molecule has 0 saturated heterocycles. The largest absolute Gasteiger partial charge is 1.00 e. The van der Waals surface area contributed by atoms with E-state index in [1.165, 1.54) is 0 Å². The molecule has 0 aliphatic carbocycles. The molecule has 7 nitrogen and oxygen atoms in total. The van der Waals surface area contributed by atoms with Gasteiger partial charge in [-0.2, -0.15) is 5.10 Å². The van der Waals surface area contributed by atoms with Gasteiger partial charge in [0.2, 0.25) is 0 Å². The van der Waals surface area contributed by atoms with Gasteiger partial charge in [-0.15, -0.1) is 0 Å². The third kappa shape index (κ3) is 2.74. The zero-order chi connectivity index (χ0) is 11.9. The number of carbonyl (C=O) groups is 2. The molecule has 0 unspecified atom stereocenters. The Hall–Kier alpha value is -1.32. The molecule has 0 aliphatic rings. The van der Waals surface area contributed by atoms with E-state index in [0.29, 0.717) is 16.8 Å². The number of carboxylic acids is 2. The van der Waals surface area contributed by atoms with Crippen molar-refractivity contribution in [2.75, 3.05) is 0 Å². The summed E-state index contributed by atoms with van der Waals surface area (Å²) in [4.78, 5) is 24.5. The monoisotopic (exact) mass is 237 g/mol. The summed E-state index contributed by atoms with van der Waals surface area (Å²) in [6, 6.07) is 0.685. The zero-order valence-electron chi connectivity index (χ0n) is 9.51. The standard InChI is InChI=1S/C8H4FN3O4.2Li/c9-3-2-10-12-5(8(15)16)1-4(7(13)14)11-6(3)12;;/h1-2H,(H,13,14)(H,15,16);;/q;2*+1/p-2. The van der Waals surface area contributed by atoms with Gasteiger partial charge in [-0.3, -0.25) is 0 Å². The molecule has 2 aromatic heterocycles. The van der Waals surface area contributed by atoms with Crippen LogP contribution in [0.25, 0.3) is 5.65 Å². The van der Waals surface area contributed by atoms with Crippen LogP contribution >= 0.6 is 0 Å². The Bertz CT molecular complexity index is 616. The van der Waals surface area contributed by atoms with Crippen LogP contribution in [0.5, 0.6) is 0 Å². The first-order valence-electron chi connectivity index (χ1n) is 3.97. The van der Waals surface area contributed by atoms with Crippen molar-refractivity contribution in [1.29, 1.82) is 0 Å². The van der Waals surface area contributed by atoms with E-state index in [1.54, 1.807) is 0 Å². The van der Waals surface area contributed by atoms with Gasteiger partial charge in [-0.05, 0) is 6.07 Å². The van der Waals surface area contributed by atoms with Crippen LogP contribution in [-0.4, -0.2) is 26.5 Å². The molecular weight excluding hydrogens is 235 g/mol. The fourth-order valence-electron chi connectivity index (χ4n) is 1.19. The molecule has 0 aromatic carbocycles. The summed E-state index contributed by atoms with van der Waals surface area (Å²) >= 11 is 0. The Morgan fingerprint density at radius 2 is 1.83 bits per heavy atom. The number of nitrogens with zero attached hydrogens (tertiary/aromatic N) is 3. The maximum absolute atomic E-state index is 13.1. The van der Waals surface area contributed by atoms with E-state index in [4.69, 9.17) is 0 Å². The van der Waals surface area contributed by atoms with E-state index in [1.807, 2.05) is 0 Å². The molecule has 2 aromatic rings. The maximum atomic E-state index is 13.1. The third-order valence-corrected chi connectivity index (χ3v) is 1.85. The predicted molar refractivity (Wildman–Crippen MR) is 41.6 cm³/mol. The second-order valence-corrected chi connectivity index (χ2v) is 2.83. The van der Waals surface area contributed by atoms with Gasteiger partial charge < -0.3 is 19.8 Å². The number of halogens is 1. The first-order valence-corrected chi connectivity index (χ1v) is 3.97. The average Bonchev–Trinajstić information content (AvgIpc) is 2.59. The molecule has 0 spiro atoms. The van der Waals surface area contributed by atoms with Crippen molar-refractivity contribution >= 4 is 17.6 Å². The van der Waals surface area contributed by atoms with Gasteiger partial charge in [0, 0.05) is 0 Å². The van der Waals surface area contributed by atoms with Crippen LogP contribution in [0.15, 0.2) is 12.3 Å². The Morgan fingerprint density at radius 3 is 2.33 bits per heavy atom. The van der Waals surface area contributed by atoms with Crippen LogP contribution < -0.4 is 47.9 Å². The number of hydrogen-bond donors (Lipinski definition) is 0. The molecule has 0 fully saturated rings. The van der Waals surface area contributed by atoms with E-state index in [2.05, 4.69) is 10.1 Å². The van der Waals surface area contributed by atoms with Crippen LogP contribution in [0.1, 0.15) is 21.0 Å². The van der Waals surface area contributed by atoms with Crippen molar-refractivity contribution in [1.82, 2.24) is 14.6 Å². The van der Waals surface area contributed by atoms with Crippen molar-refractivity contribution in [2.24, 2.45) is 0 Å². The predicted octanol–water partition coefficient (Wildman–Crippen LogP) is -8.40. The minimum absolute atomic E-state index is 0. The number of fused-ring (bicyclic) bond motifs is 1. The molecule has 2 rings (SSSR count). The van der Waals surface area contributed by atoms with Crippen molar-refractivity contribution < 1.29 is 61.9 Å². The van der Waals surface area contributed by atoms with E-state index >= 15 is 0 Å². The van der Waals surface area contributed by atoms with Gasteiger partial charge >= 0.3 is 37.7 Å². The summed E-state index contributed by atoms with van der Waals surface area (Å²) < 4.78 is 13.7. The molecule has 0 amide bonds. The normalized spacial score (nSPS) is 9.39. The zero-order valence-corrected chi connectivity index (χ0v) is 9.51. The molecule has 0 atom stereocenters. The fourth-order valence-corrected chi connectivity index (χ4v) is 1.19. The Labute approximate surface area is 123 Å². The van der Waals surface area contributed by atoms with Crippen LogP contribution in [0.2, 0.25) is 0 Å². The summed E-state index contributed by atoms with van der Waals surface area (Å²) in [5, 5.41) is 24.6. The number of carbonyl (C=O) groups excluding carboxylic acids is 2. The van der Waals surface area contributed by atoms with Gasteiger partial charge in [-0.25, -0.2) is 13.9 Å². The van der Waals surface area contributed by atoms with Gasteiger partial charge in [0.25, 0.3) is 0 Å². The molecule has 0 radical (unpaired) electrons. The van der Waals surface area contributed by atoms with Crippen molar-refractivity contribution in [3.8, 4) is 0 Å². The summed E-state index contributed by atoms with van der Waals surface area (Å²) in [5.41, 5.74) is -1.83. The summed E-state index contributed by atoms with van der Waals surface area (Å²) in [5.74, 6) is -4.35. The van der Waals surface area contributed by atoms with E-state index in [0.717, 1.165) is 0 Å². The smallest absolute Gasteiger partial charge is 0.543 e. The van der Waals surface area contributed by atoms with Crippen LogP contribution in [0.3, 0.4) is 0 Å². The van der Waals surface area contributed by atoms with E-state index in [9.17, 15) is 24.2 Å². The van der Waals surface area contributed by atoms with Gasteiger partial charge in [0.1, 0.15) is 0 Å². The molecule has 0 N–H and O–H groups in total. The molecule has 0 bridgehead atoms. The Morgan fingerprint density at radius 1 is 1.22 bits per heavy atom. The SMILES string of the molecule is O=C([O-])c1cc(C(=O)[O-])n2ncc(F)c2n1.[Li+].[Li+]. The van der Waals surface area contributed by atoms with Crippen molar-refractivity contribution in [2.45, 2.75) is 0 Å². The second kappa shape index (κ2) is 6.03. The number of aromatic carboxylic acids is 2. The molecule has 18 heavy (non-hydrogen) atoms. The molecule has 0 saturated carbocycles. The summed E-state index contributed by atoms with van der Waals surface area (Å²) in [7, 11) is 0. The van der Waals surface area contributed by atoms with Crippen LogP contribution in [0, 0.1) is 5.82 Å². The van der Waals surface area contributed by atoms with Gasteiger partial charge in [0.05, 0.1) is 29.5 Å². The molecule has 0 aliphatic heterocycles. The van der Waals surface area contributed by atoms with Gasteiger partial charge in [0.15, 0.2) is 11.5 Å². The first kappa shape index (κ1) is 16.7. The maximum Gasteiger partial charge on any atom is 1.00 e. The third-order valence-electron chi connectivity index (χ3n) is 1.85. The molecule has 10 heteroatoms. The van der Waals surface area contributed by atoms with Crippen molar-refractivity contribution in [3.05, 3.63) is 29.5 Å². The summed E-state index contributed by atoms with van der Waals surface area (Å²) in [6.07, 6.45) is 0.716. The topological polar surface area (TPSA) is 110 Å². The molecule has 82 valence electrons. The summed E-state index contributed by atoms with van der Waals surface area (Å²) in [6.45, 7) is 0. The van der Waals surface area contributed by atoms with Crippen molar-refractivity contribution in [3.63, 3.8) is 0 Å². The fraction of sp³-hybridized carbons (Fsp3) is 0. The van der Waals surface area contributed by atoms with E-state index in [-0.39, 0.29) is 37.7 Å². The minimum atomic E-state index is -1.72. The molecule has 2 heterocycles. The minimum Gasteiger partial charge on any atom is -0.543 e. The average molecular weight is 237 g/mol. The number of hydrogen-bond acceptors (Lipinski definition) is 6. The van der Waals surface area contributed by atoms with Crippen LogP contribution in [0.4, 0.5) is 4.39 Å². The Balaban J connectivity index is 0.00000144. The number of aromatic nitrogens is 3. The number of carboxylic acid groups (broad SMARTS) is 2. The molecular formula is C8H2FLi2N3O4. The second-order valence-electron chi connectivity index (χ2n) is 2.83. The number of rotatable bonds is 2. The first-order chi connectivity index (χ1) is 7.50. The van der Waals surface area contributed by atoms with Crippen LogP contribution in [-0.2, 0) is 0 Å². The quantitative estimate of drug-likeness (QED) is 0.479. The Kier molecular flexibility index (Phi) is 5.59. The van der Waals surface area contributed by atoms with Gasteiger partial charge in [-0.1, -0.05) is 0 Å². The van der Waals surface area contributed by atoms with E-state index < -0.39 is 34.8 Å².